The average molecular weight is 371 g/mol. The van der Waals surface area contributed by atoms with E-state index in [1.807, 2.05) is 0 Å². The highest BCUT2D eigenvalue weighted by atomic mass is 19.1. The summed E-state index contributed by atoms with van der Waals surface area (Å²) in [6, 6.07) is 12.8. The maximum absolute atomic E-state index is 14.1. The van der Waals surface area contributed by atoms with Crippen molar-refractivity contribution in [1.29, 1.82) is 0 Å². The van der Waals surface area contributed by atoms with E-state index in [9.17, 15) is 13.6 Å². The minimum Gasteiger partial charge on any atom is -0.370 e. The number of carbonyl (C=O) groups is 1. The monoisotopic (exact) mass is 371 g/mol. The van der Waals surface area contributed by atoms with Crippen molar-refractivity contribution in [3.05, 3.63) is 60.2 Å². The number of hydrogen-bond acceptors (Lipinski definition) is 3. The van der Waals surface area contributed by atoms with E-state index in [1.165, 1.54) is 18.2 Å². The lowest BCUT2D eigenvalue weighted by molar-refractivity contribution is -0.121. The third kappa shape index (κ3) is 3.67. The molecular weight excluding hydrogens is 348 g/mol. The molecule has 2 saturated heterocycles. The van der Waals surface area contributed by atoms with Crippen LogP contribution in [0, 0.1) is 11.6 Å². The van der Waals surface area contributed by atoms with Gasteiger partial charge in [0.25, 0.3) is 0 Å². The topological polar surface area (TPSA) is 26.8 Å². The third-order valence-corrected chi connectivity index (χ3v) is 5.48. The van der Waals surface area contributed by atoms with Crippen LogP contribution in [0.25, 0.3) is 0 Å². The third-order valence-electron chi connectivity index (χ3n) is 5.48. The number of hydrogen-bond donors (Lipinski definition) is 0. The summed E-state index contributed by atoms with van der Waals surface area (Å²) in [7, 11) is 0. The number of nitrogens with zero attached hydrogens (tertiary/aromatic N) is 3. The summed E-state index contributed by atoms with van der Waals surface area (Å²) < 4.78 is 27.2. The van der Waals surface area contributed by atoms with Crippen LogP contribution in [-0.2, 0) is 4.79 Å². The van der Waals surface area contributed by atoms with Gasteiger partial charge < -0.3 is 9.80 Å². The van der Waals surface area contributed by atoms with Crippen molar-refractivity contribution in [2.75, 3.05) is 42.5 Å². The van der Waals surface area contributed by atoms with Gasteiger partial charge in [0.2, 0.25) is 5.91 Å². The number of anilines is 2. The molecule has 2 fully saturated rings. The Morgan fingerprint density at radius 2 is 1.63 bits per heavy atom. The second kappa shape index (κ2) is 7.64. The van der Waals surface area contributed by atoms with Crippen molar-refractivity contribution >= 4 is 17.3 Å². The molecule has 0 saturated carbocycles. The predicted octanol–water partition coefficient (Wildman–Crippen LogP) is 3.28. The van der Waals surface area contributed by atoms with Crippen LogP contribution in [0.3, 0.4) is 0 Å². The van der Waals surface area contributed by atoms with E-state index >= 15 is 0 Å². The van der Waals surface area contributed by atoms with Gasteiger partial charge in [-0.1, -0.05) is 12.1 Å². The smallest absolute Gasteiger partial charge is 0.244 e. The standard InChI is InChI=1S/C21H23F2N3O/c22-16-6-8-17(9-7-16)24-11-3-12-25(15-14-24)20-10-13-26(21(20)27)19-5-2-1-4-18(19)23/h1-2,4-9,20H,3,10-15H2. The maximum Gasteiger partial charge on any atom is 0.244 e. The van der Waals surface area contributed by atoms with Gasteiger partial charge in [-0.25, -0.2) is 8.78 Å². The summed E-state index contributed by atoms with van der Waals surface area (Å²) in [5, 5.41) is 0. The van der Waals surface area contributed by atoms with Crippen LogP contribution in [0.1, 0.15) is 12.8 Å². The van der Waals surface area contributed by atoms with Gasteiger partial charge >= 0.3 is 0 Å². The number of amides is 1. The van der Waals surface area contributed by atoms with E-state index in [0.29, 0.717) is 18.7 Å². The number of rotatable bonds is 3. The van der Waals surface area contributed by atoms with E-state index in [1.54, 1.807) is 35.2 Å². The largest absolute Gasteiger partial charge is 0.370 e. The van der Waals surface area contributed by atoms with Crippen LogP contribution in [0.15, 0.2) is 48.5 Å². The molecule has 0 radical (unpaired) electrons. The fourth-order valence-electron chi connectivity index (χ4n) is 4.07. The molecule has 0 N–H and O–H groups in total. The normalized spacial score (nSPS) is 21.6. The van der Waals surface area contributed by atoms with Crippen molar-refractivity contribution in [1.82, 2.24) is 4.90 Å². The van der Waals surface area contributed by atoms with Crippen molar-refractivity contribution in [2.45, 2.75) is 18.9 Å². The summed E-state index contributed by atoms with van der Waals surface area (Å²) >= 11 is 0. The Bertz CT molecular complexity index is 811. The number of para-hydroxylation sites is 1. The zero-order valence-corrected chi connectivity index (χ0v) is 15.2. The summed E-state index contributed by atoms with van der Waals surface area (Å²) in [5.74, 6) is -0.611. The average Bonchev–Trinajstić information content (AvgIpc) is 2.89. The van der Waals surface area contributed by atoms with Crippen LogP contribution in [0.5, 0.6) is 0 Å². The molecule has 2 aliphatic heterocycles. The Hall–Kier alpha value is -2.47. The first-order valence-corrected chi connectivity index (χ1v) is 9.44. The molecule has 2 aromatic rings. The van der Waals surface area contributed by atoms with E-state index in [2.05, 4.69) is 9.80 Å². The van der Waals surface area contributed by atoms with Crippen LogP contribution in [-0.4, -0.2) is 49.6 Å². The molecule has 0 aliphatic carbocycles. The van der Waals surface area contributed by atoms with Gasteiger partial charge in [-0.15, -0.1) is 0 Å². The minimum atomic E-state index is -0.357. The van der Waals surface area contributed by atoms with Crippen LogP contribution >= 0.6 is 0 Å². The maximum atomic E-state index is 14.1. The summed E-state index contributed by atoms with van der Waals surface area (Å²) in [4.78, 5) is 18.9. The summed E-state index contributed by atoms with van der Waals surface area (Å²) in [6.07, 6.45) is 1.64. The van der Waals surface area contributed by atoms with Crippen molar-refractivity contribution in [3.63, 3.8) is 0 Å². The van der Waals surface area contributed by atoms with Gasteiger partial charge in [0.15, 0.2) is 0 Å². The van der Waals surface area contributed by atoms with E-state index < -0.39 is 0 Å². The second-order valence-electron chi connectivity index (χ2n) is 7.10. The highest BCUT2D eigenvalue weighted by Crippen LogP contribution is 2.27. The molecule has 142 valence electrons. The molecule has 1 unspecified atom stereocenters. The lowest BCUT2D eigenvalue weighted by Crippen LogP contribution is -2.43. The highest BCUT2D eigenvalue weighted by Gasteiger charge is 2.37. The number of halogens is 2. The fraction of sp³-hybridized carbons (Fsp3) is 0.381. The number of benzene rings is 2. The summed E-state index contributed by atoms with van der Waals surface area (Å²) in [5.41, 5.74) is 1.37. The van der Waals surface area contributed by atoms with Crippen LogP contribution in [0.4, 0.5) is 20.2 Å². The van der Waals surface area contributed by atoms with Gasteiger partial charge in [-0.05, 0) is 49.2 Å². The van der Waals surface area contributed by atoms with Crippen molar-refractivity contribution in [3.8, 4) is 0 Å². The molecule has 6 heteroatoms. The Morgan fingerprint density at radius 3 is 2.41 bits per heavy atom. The lowest BCUT2D eigenvalue weighted by Gasteiger charge is -2.27. The quantitative estimate of drug-likeness (QED) is 0.829. The molecule has 0 spiro atoms. The van der Waals surface area contributed by atoms with Gasteiger partial charge in [0.05, 0.1) is 11.7 Å². The predicted molar refractivity (Wildman–Crippen MR) is 102 cm³/mol. The Labute approximate surface area is 158 Å². The molecular formula is C21H23F2N3O. The first-order chi connectivity index (χ1) is 13.1. The van der Waals surface area contributed by atoms with Crippen LogP contribution in [0.2, 0.25) is 0 Å². The second-order valence-corrected chi connectivity index (χ2v) is 7.10. The lowest BCUT2D eigenvalue weighted by atomic mass is 10.2. The molecule has 2 aliphatic rings. The van der Waals surface area contributed by atoms with E-state index in [-0.39, 0.29) is 23.6 Å². The first-order valence-electron chi connectivity index (χ1n) is 9.44. The molecule has 0 aromatic heterocycles. The van der Waals surface area contributed by atoms with Gasteiger partial charge in [0.1, 0.15) is 11.6 Å². The number of carbonyl (C=O) groups excluding carboxylic acids is 1. The highest BCUT2D eigenvalue weighted by molar-refractivity contribution is 5.99. The van der Waals surface area contributed by atoms with Crippen molar-refractivity contribution in [2.24, 2.45) is 0 Å². The molecule has 27 heavy (non-hydrogen) atoms. The molecule has 1 amide bonds. The molecule has 2 aromatic carbocycles. The van der Waals surface area contributed by atoms with Gasteiger partial charge in [0, 0.05) is 38.4 Å². The summed E-state index contributed by atoms with van der Waals surface area (Å²) in [6.45, 7) is 3.80. The molecule has 4 rings (SSSR count). The fourth-order valence-corrected chi connectivity index (χ4v) is 4.07. The Kier molecular flexibility index (Phi) is 5.07. The SMILES string of the molecule is O=C1C(N2CCCN(c3ccc(F)cc3)CC2)CCN1c1ccccc1F. The van der Waals surface area contributed by atoms with Crippen molar-refractivity contribution < 1.29 is 13.6 Å². The molecule has 0 bridgehead atoms. The Morgan fingerprint density at radius 1 is 0.852 bits per heavy atom. The zero-order chi connectivity index (χ0) is 18.8. The van der Waals surface area contributed by atoms with Gasteiger partial charge in [-0.3, -0.25) is 9.69 Å². The first kappa shape index (κ1) is 17.9. The van der Waals surface area contributed by atoms with Gasteiger partial charge in [-0.2, -0.15) is 0 Å². The zero-order valence-electron chi connectivity index (χ0n) is 15.2. The minimum absolute atomic E-state index is 0.0182. The Balaban J connectivity index is 1.43. The molecule has 4 nitrogen and oxygen atoms in total. The van der Waals surface area contributed by atoms with Crippen LogP contribution < -0.4 is 9.80 Å². The van der Waals surface area contributed by atoms with E-state index in [0.717, 1.165) is 38.3 Å². The molecule has 2 heterocycles. The molecule has 1 atom stereocenters. The van der Waals surface area contributed by atoms with E-state index in [4.69, 9.17) is 0 Å².